The second-order valence-electron chi connectivity index (χ2n) is 7.36. The highest BCUT2D eigenvalue weighted by Crippen LogP contribution is 2.38. The lowest BCUT2D eigenvalue weighted by Gasteiger charge is -2.17. The van der Waals surface area contributed by atoms with E-state index in [1.807, 2.05) is 0 Å². The molecule has 0 aliphatic carbocycles. The number of nitrogens with one attached hydrogen (secondary N) is 2. The number of hydrogen-bond donors (Lipinski definition) is 2. The average molecular weight is 586 g/mol. The zero-order valence-electron chi connectivity index (χ0n) is 18.2. The van der Waals surface area contributed by atoms with Gasteiger partial charge in [-0.1, -0.05) is 64.1 Å². The van der Waals surface area contributed by atoms with E-state index in [1.54, 1.807) is 36.4 Å². The number of carbonyl (C=O) groups excluding carboxylic acids is 3. The van der Waals surface area contributed by atoms with Crippen molar-refractivity contribution in [2.45, 2.75) is 0 Å². The maximum Gasteiger partial charge on any atom is 0.283 e. The van der Waals surface area contributed by atoms with Gasteiger partial charge in [0.15, 0.2) is 0 Å². The second kappa shape index (κ2) is 10.6. The van der Waals surface area contributed by atoms with Gasteiger partial charge in [-0.25, -0.2) is 4.90 Å². The number of halogens is 5. The van der Waals surface area contributed by atoms with Crippen LogP contribution in [0, 0.1) is 0 Å². The van der Waals surface area contributed by atoms with Crippen LogP contribution >= 0.6 is 58.0 Å². The first-order valence-electron chi connectivity index (χ1n) is 10.1. The van der Waals surface area contributed by atoms with Crippen LogP contribution in [0.1, 0.15) is 10.4 Å². The van der Waals surface area contributed by atoms with Crippen molar-refractivity contribution in [3.63, 3.8) is 0 Å². The Morgan fingerprint density at radius 1 is 0.861 bits per heavy atom. The Balaban J connectivity index is 1.58. The third kappa shape index (κ3) is 5.12. The van der Waals surface area contributed by atoms with Crippen molar-refractivity contribution < 1.29 is 19.1 Å². The monoisotopic (exact) mass is 583 g/mol. The topological polar surface area (TPSA) is 87.7 Å². The summed E-state index contributed by atoms with van der Waals surface area (Å²) in [6.07, 6.45) is 0. The molecule has 12 heteroatoms. The van der Waals surface area contributed by atoms with Crippen molar-refractivity contribution in [3.05, 3.63) is 91.0 Å². The smallest absolute Gasteiger partial charge is 0.283 e. The molecular formula is C24H14Cl5N3O4. The highest BCUT2D eigenvalue weighted by Gasteiger charge is 2.40. The van der Waals surface area contributed by atoms with Crippen LogP contribution in [0.3, 0.4) is 0 Å². The summed E-state index contributed by atoms with van der Waals surface area (Å²) in [5, 5.41) is 5.89. The molecule has 0 saturated carbocycles. The Labute approximate surface area is 230 Å². The van der Waals surface area contributed by atoms with Crippen molar-refractivity contribution >= 4 is 92.8 Å². The Kier molecular flexibility index (Phi) is 7.68. The van der Waals surface area contributed by atoms with E-state index in [0.29, 0.717) is 22.1 Å². The van der Waals surface area contributed by atoms with Gasteiger partial charge in [-0.2, -0.15) is 0 Å². The van der Waals surface area contributed by atoms with Crippen molar-refractivity contribution in [3.8, 4) is 5.75 Å². The van der Waals surface area contributed by atoms with Gasteiger partial charge >= 0.3 is 0 Å². The number of rotatable bonds is 6. The summed E-state index contributed by atoms with van der Waals surface area (Å²) in [7, 11) is 1.47. The minimum atomic E-state index is -0.800. The number of hydrogen-bond acceptors (Lipinski definition) is 5. The highest BCUT2D eigenvalue weighted by atomic mass is 35.5. The number of nitrogens with zero attached hydrogens (tertiary/aromatic N) is 1. The molecule has 7 nitrogen and oxygen atoms in total. The quantitative estimate of drug-likeness (QED) is 0.240. The van der Waals surface area contributed by atoms with Gasteiger partial charge < -0.3 is 15.4 Å². The molecule has 184 valence electrons. The summed E-state index contributed by atoms with van der Waals surface area (Å²) >= 11 is 30.4. The van der Waals surface area contributed by atoms with Crippen molar-refractivity contribution in [1.29, 1.82) is 0 Å². The predicted octanol–water partition coefficient (Wildman–Crippen LogP) is 7.00. The molecule has 1 aliphatic rings. The number of anilines is 3. The van der Waals surface area contributed by atoms with Crippen LogP contribution in [0.4, 0.5) is 17.1 Å². The van der Waals surface area contributed by atoms with E-state index in [9.17, 15) is 14.4 Å². The summed E-state index contributed by atoms with van der Waals surface area (Å²) in [4.78, 5) is 39.5. The fraction of sp³-hybridized carbons (Fsp3) is 0.0417. The molecule has 3 aromatic carbocycles. The molecule has 1 aliphatic heterocycles. The van der Waals surface area contributed by atoms with Gasteiger partial charge in [-0.05, 0) is 48.5 Å². The normalized spacial score (nSPS) is 13.3. The molecule has 0 saturated heterocycles. The molecular weight excluding hydrogens is 572 g/mol. The first kappa shape index (κ1) is 26.1. The van der Waals surface area contributed by atoms with E-state index in [1.165, 1.54) is 25.3 Å². The van der Waals surface area contributed by atoms with Crippen LogP contribution in [-0.2, 0) is 9.59 Å². The minimum absolute atomic E-state index is 0.0274. The maximum atomic E-state index is 13.1. The predicted molar refractivity (Wildman–Crippen MR) is 143 cm³/mol. The largest absolute Gasteiger partial charge is 0.495 e. The first-order chi connectivity index (χ1) is 17.1. The molecule has 0 aromatic heterocycles. The number of ether oxygens (including phenoxy) is 1. The summed E-state index contributed by atoms with van der Waals surface area (Å²) in [5.41, 5.74) is 0.791. The lowest BCUT2D eigenvalue weighted by Crippen LogP contribution is -2.32. The number of imide groups is 1. The van der Waals surface area contributed by atoms with Gasteiger partial charge in [-0.15, -0.1) is 0 Å². The van der Waals surface area contributed by atoms with Crippen LogP contribution < -0.4 is 20.3 Å². The van der Waals surface area contributed by atoms with Gasteiger partial charge in [0.2, 0.25) is 0 Å². The number of methoxy groups -OCH3 is 1. The third-order valence-corrected chi connectivity index (χ3v) is 6.67. The van der Waals surface area contributed by atoms with E-state index < -0.39 is 17.7 Å². The number of benzene rings is 3. The Morgan fingerprint density at radius 3 is 2.31 bits per heavy atom. The first-order valence-corrected chi connectivity index (χ1v) is 11.9. The van der Waals surface area contributed by atoms with Crippen molar-refractivity contribution in [2.24, 2.45) is 0 Å². The molecule has 0 radical (unpaired) electrons. The van der Waals surface area contributed by atoms with Gasteiger partial charge in [0.05, 0.1) is 33.6 Å². The zero-order valence-corrected chi connectivity index (χ0v) is 21.9. The number of amides is 3. The number of carbonyl (C=O) groups is 3. The van der Waals surface area contributed by atoms with Gasteiger partial charge in [0.25, 0.3) is 17.7 Å². The standard InChI is InChI=1S/C24H14Cl5N3O4/c1-36-19-6-5-12(25)8-17(19)31-22(33)11-3-2-4-13(7-11)30-21-20(29)23(34)32(24(21)35)18-10-15(27)14(26)9-16(18)28/h2-10,30H,1H3,(H,31,33). The molecule has 2 N–H and O–H groups in total. The second-order valence-corrected chi connectivity index (χ2v) is 9.39. The molecule has 0 atom stereocenters. The van der Waals surface area contributed by atoms with Gasteiger partial charge in [0.1, 0.15) is 16.5 Å². The molecule has 0 fully saturated rings. The SMILES string of the molecule is COc1ccc(Cl)cc1NC(=O)c1cccc(NC2=C(Cl)C(=O)N(c3cc(Cl)c(Cl)cc3Cl)C2=O)c1. The van der Waals surface area contributed by atoms with Crippen LogP contribution in [-0.4, -0.2) is 24.8 Å². The third-order valence-electron chi connectivity index (χ3n) is 5.06. The Bertz CT molecular complexity index is 1460. The van der Waals surface area contributed by atoms with Crippen LogP contribution in [0.15, 0.2) is 65.3 Å². The fourth-order valence-corrected chi connectivity index (χ4v) is 4.38. The molecule has 0 unspecified atom stereocenters. The Morgan fingerprint density at radius 2 is 1.58 bits per heavy atom. The zero-order chi connectivity index (χ0) is 26.1. The maximum absolute atomic E-state index is 13.1. The van der Waals surface area contributed by atoms with Crippen LogP contribution in [0.2, 0.25) is 20.1 Å². The van der Waals surface area contributed by atoms with E-state index in [-0.39, 0.29) is 37.0 Å². The average Bonchev–Trinajstić information content (AvgIpc) is 3.05. The van der Waals surface area contributed by atoms with Crippen molar-refractivity contribution in [1.82, 2.24) is 0 Å². The molecule has 3 amide bonds. The molecule has 0 bridgehead atoms. The molecule has 0 spiro atoms. The summed E-state index contributed by atoms with van der Waals surface area (Å²) in [6.45, 7) is 0. The van der Waals surface area contributed by atoms with E-state index >= 15 is 0 Å². The lowest BCUT2D eigenvalue weighted by atomic mass is 10.1. The van der Waals surface area contributed by atoms with Crippen LogP contribution in [0.25, 0.3) is 0 Å². The fourth-order valence-electron chi connectivity index (χ4n) is 3.37. The molecule has 36 heavy (non-hydrogen) atoms. The van der Waals surface area contributed by atoms with E-state index in [2.05, 4.69) is 10.6 Å². The molecule has 3 aromatic rings. The van der Waals surface area contributed by atoms with Crippen LogP contribution in [0.5, 0.6) is 5.75 Å². The molecule has 1 heterocycles. The summed E-state index contributed by atoms with van der Waals surface area (Å²) < 4.78 is 5.25. The van der Waals surface area contributed by atoms with Gasteiger partial charge in [0, 0.05) is 16.3 Å². The summed E-state index contributed by atoms with van der Waals surface area (Å²) in [6, 6.07) is 13.7. The van der Waals surface area contributed by atoms with E-state index in [4.69, 9.17) is 62.7 Å². The highest BCUT2D eigenvalue weighted by molar-refractivity contribution is 6.54. The van der Waals surface area contributed by atoms with Crippen molar-refractivity contribution in [2.75, 3.05) is 22.6 Å². The van der Waals surface area contributed by atoms with Gasteiger partial charge in [-0.3, -0.25) is 14.4 Å². The molecule has 4 rings (SSSR count). The lowest BCUT2D eigenvalue weighted by molar-refractivity contribution is -0.120. The van der Waals surface area contributed by atoms with E-state index in [0.717, 1.165) is 4.90 Å². The summed E-state index contributed by atoms with van der Waals surface area (Å²) in [5.74, 6) is -1.59. The minimum Gasteiger partial charge on any atom is -0.495 e. The Hall–Kier alpha value is -2.94.